The molecule has 0 fully saturated rings. The lowest BCUT2D eigenvalue weighted by Gasteiger charge is -2.14. The van der Waals surface area contributed by atoms with Crippen molar-refractivity contribution in [2.45, 2.75) is 19.4 Å². The topological polar surface area (TPSA) is 71.0 Å². The lowest BCUT2D eigenvalue weighted by Crippen LogP contribution is -2.37. The Morgan fingerprint density at radius 1 is 1.60 bits per heavy atom. The number of aliphatic hydroxyl groups is 1. The summed E-state index contributed by atoms with van der Waals surface area (Å²) in [5.41, 5.74) is 4.29. The zero-order valence-corrected chi connectivity index (χ0v) is 6.50. The number of hydrogen-bond donors (Lipinski definition) is 2. The molecule has 4 heteroatoms. The van der Waals surface area contributed by atoms with Crippen molar-refractivity contribution >= 4 is 12.2 Å². The molecule has 0 aromatic rings. The maximum atomic E-state index is 9.20. The van der Waals surface area contributed by atoms with Gasteiger partial charge >= 0.3 is 0 Å². The molecule has 4 nitrogen and oxygen atoms in total. The van der Waals surface area contributed by atoms with Crippen LogP contribution in [0.15, 0.2) is 9.98 Å². The highest BCUT2D eigenvalue weighted by molar-refractivity contribution is 5.93. The van der Waals surface area contributed by atoms with E-state index in [9.17, 15) is 5.11 Å². The molecule has 0 saturated heterocycles. The summed E-state index contributed by atoms with van der Waals surface area (Å²) in [6.45, 7) is 3.13. The van der Waals surface area contributed by atoms with Crippen LogP contribution in [0.25, 0.3) is 0 Å². The predicted molar refractivity (Wildman–Crippen MR) is 42.3 cm³/mol. The summed E-state index contributed by atoms with van der Waals surface area (Å²) in [6, 6.07) is 0. The first-order valence-electron chi connectivity index (χ1n) is 2.95. The molecular formula is C6H13N3O. The van der Waals surface area contributed by atoms with Crippen LogP contribution in [0.1, 0.15) is 13.8 Å². The van der Waals surface area contributed by atoms with Gasteiger partial charge in [0.1, 0.15) is 17.8 Å². The van der Waals surface area contributed by atoms with E-state index in [4.69, 9.17) is 5.73 Å². The lowest BCUT2D eigenvalue weighted by molar-refractivity contribution is 0.152. The molecule has 0 aliphatic carbocycles. The molecule has 0 aromatic carbocycles. The summed E-state index contributed by atoms with van der Waals surface area (Å²) in [7, 11) is 1.58. The highest BCUT2D eigenvalue weighted by Gasteiger charge is 2.16. The number of amidine groups is 1. The van der Waals surface area contributed by atoms with Crippen molar-refractivity contribution in [3.63, 3.8) is 0 Å². The molecule has 0 aliphatic rings. The minimum absolute atomic E-state index is 0.165. The molecule has 0 aliphatic heterocycles. The predicted octanol–water partition coefficient (Wildman–Crippen LogP) is -0.227. The van der Waals surface area contributed by atoms with Gasteiger partial charge in [-0.05, 0) is 13.8 Å². The fraction of sp³-hybridized carbons (Fsp3) is 0.667. The first-order chi connectivity index (χ1) is 4.48. The Labute approximate surface area is 60.5 Å². The van der Waals surface area contributed by atoms with E-state index in [2.05, 4.69) is 9.98 Å². The second-order valence-electron chi connectivity index (χ2n) is 2.45. The van der Waals surface area contributed by atoms with Crippen molar-refractivity contribution in [1.29, 1.82) is 0 Å². The standard InChI is InChI=1S/C6H13N3O/c1-6(2,10)5(7)9-4-8-3/h4,10H,1-3H3,(H2,7,8,9). The average molecular weight is 143 g/mol. The van der Waals surface area contributed by atoms with Gasteiger partial charge in [0.2, 0.25) is 0 Å². The van der Waals surface area contributed by atoms with Crippen molar-refractivity contribution in [2.75, 3.05) is 7.05 Å². The van der Waals surface area contributed by atoms with Crippen LogP contribution in [0.4, 0.5) is 0 Å². The number of aliphatic imine (C=N–C) groups is 2. The smallest absolute Gasteiger partial charge is 0.132 e. The van der Waals surface area contributed by atoms with Crippen molar-refractivity contribution in [3.8, 4) is 0 Å². The van der Waals surface area contributed by atoms with Crippen LogP contribution in [-0.2, 0) is 0 Å². The van der Waals surface area contributed by atoms with Gasteiger partial charge in [-0.15, -0.1) is 0 Å². The largest absolute Gasteiger partial charge is 0.385 e. The van der Waals surface area contributed by atoms with Gasteiger partial charge in [0.05, 0.1) is 0 Å². The summed E-state index contributed by atoms with van der Waals surface area (Å²) >= 11 is 0. The molecule has 0 atom stereocenters. The van der Waals surface area contributed by atoms with E-state index in [1.807, 2.05) is 0 Å². The molecule has 0 heterocycles. The Hall–Kier alpha value is -0.900. The molecule has 0 saturated carbocycles. The first kappa shape index (κ1) is 9.10. The number of nitrogens with two attached hydrogens (primary N) is 1. The Morgan fingerprint density at radius 2 is 2.10 bits per heavy atom. The summed E-state index contributed by atoms with van der Waals surface area (Å²) in [6.07, 6.45) is 1.30. The van der Waals surface area contributed by atoms with E-state index in [-0.39, 0.29) is 5.84 Å². The molecule has 0 rings (SSSR count). The van der Waals surface area contributed by atoms with Gasteiger partial charge in [-0.2, -0.15) is 0 Å². The summed E-state index contributed by atoms with van der Waals surface area (Å²) < 4.78 is 0. The Morgan fingerprint density at radius 3 is 2.40 bits per heavy atom. The minimum Gasteiger partial charge on any atom is -0.385 e. The van der Waals surface area contributed by atoms with Gasteiger partial charge < -0.3 is 10.8 Å². The van der Waals surface area contributed by atoms with Gasteiger partial charge in [-0.3, -0.25) is 4.99 Å². The second-order valence-corrected chi connectivity index (χ2v) is 2.45. The van der Waals surface area contributed by atoms with Crippen LogP contribution in [-0.4, -0.2) is 29.9 Å². The maximum Gasteiger partial charge on any atom is 0.132 e. The molecular weight excluding hydrogens is 130 g/mol. The third-order valence-corrected chi connectivity index (χ3v) is 0.939. The number of nitrogens with zero attached hydrogens (tertiary/aromatic N) is 2. The molecule has 0 aromatic heterocycles. The van der Waals surface area contributed by atoms with Crippen LogP contribution in [0.2, 0.25) is 0 Å². The molecule has 0 unspecified atom stereocenters. The monoisotopic (exact) mass is 143 g/mol. The third kappa shape index (κ3) is 3.19. The van der Waals surface area contributed by atoms with Crippen molar-refractivity contribution < 1.29 is 5.11 Å². The van der Waals surface area contributed by atoms with Crippen molar-refractivity contribution in [3.05, 3.63) is 0 Å². The first-order valence-corrected chi connectivity index (χ1v) is 2.95. The van der Waals surface area contributed by atoms with Crippen LogP contribution in [0, 0.1) is 0 Å². The highest BCUT2D eigenvalue weighted by Crippen LogP contribution is 1.98. The molecule has 0 bridgehead atoms. The Bertz CT molecular complexity index is 155. The molecule has 0 amide bonds. The van der Waals surface area contributed by atoms with Gasteiger partial charge in [0.25, 0.3) is 0 Å². The molecule has 10 heavy (non-hydrogen) atoms. The second kappa shape index (κ2) is 3.31. The molecule has 0 radical (unpaired) electrons. The van der Waals surface area contributed by atoms with Crippen LogP contribution >= 0.6 is 0 Å². The zero-order chi connectivity index (χ0) is 8.20. The van der Waals surface area contributed by atoms with Gasteiger partial charge in [-0.1, -0.05) is 0 Å². The van der Waals surface area contributed by atoms with E-state index < -0.39 is 5.60 Å². The van der Waals surface area contributed by atoms with E-state index in [1.54, 1.807) is 20.9 Å². The average Bonchev–Trinajstić information content (AvgIpc) is 1.80. The quantitative estimate of drug-likeness (QED) is 0.414. The summed E-state index contributed by atoms with van der Waals surface area (Å²) in [5.74, 6) is 0.165. The van der Waals surface area contributed by atoms with Gasteiger partial charge in [0.15, 0.2) is 0 Å². The number of rotatable bonds is 2. The minimum atomic E-state index is -1.05. The van der Waals surface area contributed by atoms with Gasteiger partial charge in [-0.25, -0.2) is 4.99 Å². The SMILES string of the molecule is CN=CN=C(N)C(C)(C)O. The zero-order valence-electron chi connectivity index (χ0n) is 6.50. The molecule has 3 N–H and O–H groups in total. The van der Waals surface area contributed by atoms with E-state index >= 15 is 0 Å². The van der Waals surface area contributed by atoms with Crippen molar-refractivity contribution in [1.82, 2.24) is 0 Å². The summed E-state index contributed by atoms with van der Waals surface area (Å²) in [4.78, 5) is 7.25. The molecule has 0 spiro atoms. The van der Waals surface area contributed by atoms with E-state index in [1.165, 1.54) is 6.34 Å². The normalized spacial score (nSPS) is 14.6. The Kier molecular flexibility index (Phi) is 3.02. The van der Waals surface area contributed by atoms with Gasteiger partial charge in [0, 0.05) is 7.05 Å². The fourth-order valence-corrected chi connectivity index (χ4v) is 0.278. The fourth-order valence-electron chi connectivity index (χ4n) is 0.278. The van der Waals surface area contributed by atoms with E-state index in [0.29, 0.717) is 0 Å². The summed E-state index contributed by atoms with van der Waals surface area (Å²) in [5, 5.41) is 9.20. The Balaban J connectivity index is 4.20. The van der Waals surface area contributed by atoms with Crippen LogP contribution in [0.3, 0.4) is 0 Å². The third-order valence-electron chi connectivity index (χ3n) is 0.939. The van der Waals surface area contributed by atoms with E-state index in [0.717, 1.165) is 0 Å². The number of hydrogen-bond acceptors (Lipinski definition) is 2. The highest BCUT2D eigenvalue weighted by atomic mass is 16.3. The van der Waals surface area contributed by atoms with Crippen LogP contribution in [0.5, 0.6) is 0 Å². The molecule has 58 valence electrons. The van der Waals surface area contributed by atoms with Crippen LogP contribution < -0.4 is 5.73 Å². The maximum absolute atomic E-state index is 9.20. The lowest BCUT2D eigenvalue weighted by atomic mass is 10.1. The van der Waals surface area contributed by atoms with Crippen molar-refractivity contribution in [2.24, 2.45) is 15.7 Å².